The van der Waals surface area contributed by atoms with Gasteiger partial charge in [0.2, 0.25) is 0 Å². The van der Waals surface area contributed by atoms with Crippen LogP contribution in [0.2, 0.25) is 0 Å². The molecule has 152 valence electrons. The Hall–Kier alpha value is -0.0800. The predicted molar refractivity (Wildman–Crippen MR) is 115 cm³/mol. The van der Waals surface area contributed by atoms with E-state index >= 15 is 0 Å². The van der Waals surface area contributed by atoms with Crippen LogP contribution < -0.4 is 11.5 Å². The van der Waals surface area contributed by atoms with Gasteiger partial charge in [0.05, 0.1) is 0 Å². The molecule has 0 aromatic carbocycles. The molecule has 0 bridgehead atoms. The summed E-state index contributed by atoms with van der Waals surface area (Å²) in [6.45, 7) is 20.5. The summed E-state index contributed by atoms with van der Waals surface area (Å²) in [7, 11) is 0. The third-order valence-electron chi connectivity index (χ3n) is 5.84. The number of nitrogens with two attached hydrogens (primary N) is 2. The lowest BCUT2D eigenvalue weighted by Gasteiger charge is -2.36. The summed E-state index contributed by atoms with van der Waals surface area (Å²) in [5, 5.41) is 0. The zero-order valence-corrected chi connectivity index (χ0v) is 18.7. The molecular formula is C23H50N2. The molecule has 0 aliphatic carbocycles. The van der Waals surface area contributed by atoms with Crippen LogP contribution in [0.25, 0.3) is 0 Å². The molecule has 2 unspecified atom stereocenters. The van der Waals surface area contributed by atoms with E-state index in [0.29, 0.717) is 5.92 Å². The Morgan fingerprint density at radius 2 is 0.840 bits per heavy atom. The highest BCUT2D eigenvalue weighted by Crippen LogP contribution is 2.38. The third kappa shape index (κ3) is 11.3. The van der Waals surface area contributed by atoms with Gasteiger partial charge in [-0.05, 0) is 92.5 Å². The molecule has 0 saturated carbocycles. The second-order valence-electron chi connectivity index (χ2n) is 10.2. The van der Waals surface area contributed by atoms with Crippen LogP contribution in [0, 0.1) is 47.3 Å². The first-order valence-corrected chi connectivity index (χ1v) is 11.0. The Bertz CT molecular complexity index is 295. The van der Waals surface area contributed by atoms with Gasteiger partial charge in [-0.15, -0.1) is 0 Å². The van der Waals surface area contributed by atoms with Crippen LogP contribution in [0.3, 0.4) is 0 Å². The van der Waals surface area contributed by atoms with Crippen molar-refractivity contribution in [3.05, 3.63) is 0 Å². The van der Waals surface area contributed by atoms with Gasteiger partial charge in [-0.2, -0.15) is 0 Å². The molecule has 0 aromatic heterocycles. The molecule has 0 saturated heterocycles. The zero-order chi connectivity index (χ0) is 19.6. The Morgan fingerprint density at radius 1 is 0.480 bits per heavy atom. The Balaban J connectivity index is 5.37. The molecule has 0 aliphatic heterocycles. The lowest BCUT2D eigenvalue weighted by Crippen LogP contribution is -2.31. The Kier molecular flexibility index (Phi) is 13.1. The average Bonchev–Trinajstić information content (AvgIpc) is 2.48. The van der Waals surface area contributed by atoms with Crippen LogP contribution in [0.4, 0.5) is 0 Å². The molecule has 2 nitrogen and oxygen atoms in total. The van der Waals surface area contributed by atoms with E-state index in [4.69, 9.17) is 11.5 Å². The van der Waals surface area contributed by atoms with Crippen LogP contribution in [0.5, 0.6) is 0 Å². The van der Waals surface area contributed by atoms with E-state index in [0.717, 1.165) is 54.5 Å². The lowest BCUT2D eigenvalue weighted by atomic mass is 9.70. The summed E-state index contributed by atoms with van der Waals surface area (Å²) in [4.78, 5) is 0. The van der Waals surface area contributed by atoms with E-state index < -0.39 is 0 Å². The first-order chi connectivity index (χ1) is 11.6. The van der Waals surface area contributed by atoms with Crippen molar-refractivity contribution in [1.82, 2.24) is 0 Å². The fourth-order valence-electron chi connectivity index (χ4n) is 4.52. The highest BCUT2D eigenvalue weighted by Gasteiger charge is 2.29. The van der Waals surface area contributed by atoms with Crippen LogP contribution >= 0.6 is 0 Å². The van der Waals surface area contributed by atoms with Gasteiger partial charge < -0.3 is 11.5 Å². The van der Waals surface area contributed by atoms with E-state index in [2.05, 4.69) is 55.4 Å². The largest absolute Gasteiger partial charge is 0.330 e. The molecule has 0 aromatic rings. The van der Waals surface area contributed by atoms with Crippen molar-refractivity contribution in [2.45, 2.75) is 87.5 Å². The summed E-state index contributed by atoms with van der Waals surface area (Å²) < 4.78 is 0. The fourth-order valence-corrected chi connectivity index (χ4v) is 4.52. The quantitative estimate of drug-likeness (QED) is 0.405. The van der Waals surface area contributed by atoms with Gasteiger partial charge in [-0.1, -0.05) is 55.4 Å². The fraction of sp³-hybridized carbons (Fsp3) is 1.00. The number of rotatable bonds is 14. The average molecular weight is 355 g/mol. The van der Waals surface area contributed by atoms with E-state index in [9.17, 15) is 0 Å². The molecular weight excluding hydrogens is 304 g/mol. The first kappa shape index (κ1) is 24.9. The Labute approximate surface area is 159 Å². The van der Waals surface area contributed by atoms with Crippen LogP contribution in [0.15, 0.2) is 0 Å². The SMILES string of the molecule is CC(C)CC(CC(CC(CN)CN)C(CC(C)C)CC(C)C)C(C)C. The second kappa shape index (κ2) is 13.1. The molecule has 0 amide bonds. The minimum Gasteiger partial charge on any atom is -0.330 e. The molecule has 0 rings (SSSR count). The van der Waals surface area contributed by atoms with E-state index in [-0.39, 0.29) is 0 Å². The third-order valence-corrected chi connectivity index (χ3v) is 5.84. The van der Waals surface area contributed by atoms with Crippen LogP contribution in [0.1, 0.15) is 87.5 Å². The lowest BCUT2D eigenvalue weighted by molar-refractivity contribution is 0.148. The van der Waals surface area contributed by atoms with Gasteiger partial charge in [0.15, 0.2) is 0 Å². The number of hydrogen-bond acceptors (Lipinski definition) is 2. The minimum atomic E-state index is 0.485. The van der Waals surface area contributed by atoms with Gasteiger partial charge in [0.1, 0.15) is 0 Å². The van der Waals surface area contributed by atoms with Gasteiger partial charge in [-0.3, -0.25) is 0 Å². The van der Waals surface area contributed by atoms with Crippen molar-refractivity contribution >= 4 is 0 Å². The summed E-state index contributed by atoms with van der Waals surface area (Å²) in [5.74, 6) is 5.97. The monoisotopic (exact) mass is 354 g/mol. The van der Waals surface area contributed by atoms with Gasteiger partial charge in [0, 0.05) is 0 Å². The normalized spacial score (nSPS) is 15.4. The molecule has 0 spiro atoms. The Morgan fingerprint density at radius 3 is 1.16 bits per heavy atom. The van der Waals surface area contributed by atoms with Gasteiger partial charge in [-0.25, -0.2) is 0 Å². The topological polar surface area (TPSA) is 52.0 Å². The van der Waals surface area contributed by atoms with Gasteiger partial charge >= 0.3 is 0 Å². The maximum absolute atomic E-state index is 6.03. The summed E-state index contributed by atoms with van der Waals surface area (Å²) >= 11 is 0. The molecule has 0 heterocycles. The van der Waals surface area contributed by atoms with Crippen LogP contribution in [-0.2, 0) is 0 Å². The van der Waals surface area contributed by atoms with E-state index in [1.807, 2.05) is 0 Å². The first-order valence-electron chi connectivity index (χ1n) is 11.0. The molecule has 0 aliphatic rings. The molecule has 0 fully saturated rings. The zero-order valence-electron chi connectivity index (χ0n) is 18.7. The maximum Gasteiger partial charge on any atom is -0.00367 e. The predicted octanol–water partition coefficient (Wildman–Crippen LogP) is 5.94. The second-order valence-corrected chi connectivity index (χ2v) is 10.2. The summed E-state index contributed by atoms with van der Waals surface area (Å²) in [5.41, 5.74) is 12.1. The minimum absolute atomic E-state index is 0.485. The maximum atomic E-state index is 6.03. The van der Waals surface area contributed by atoms with Crippen molar-refractivity contribution in [3.63, 3.8) is 0 Å². The van der Waals surface area contributed by atoms with E-state index in [1.165, 1.54) is 32.1 Å². The van der Waals surface area contributed by atoms with Crippen molar-refractivity contribution in [2.24, 2.45) is 58.8 Å². The number of hydrogen-bond donors (Lipinski definition) is 2. The highest BCUT2D eigenvalue weighted by molar-refractivity contribution is 4.80. The smallest absolute Gasteiger partial charge is 0.00367 e. The molecule has 2 heteroatoms. The molecule has 2 atom stereocenters. The van der Waals surface area contributed by atoms with Gasteiger partial charge in [0.25, 0.3) is 0 Å². The van der Waals surface area contributed by atoms with E-state index in [1.54, 1.807) is 0 Å². The molecule has 4 N–H and O–H groups in total. The van der Waals surface area contributed by atoms with Crippen LogP contribution in [-0.4, -0.2) is 13.1 Å². The standard InChI is InChI=1S/C23H50N2/c1-16(2)9-21(19(7)8)13-23(12-20(14-24)15-25)22(10-17(3)4)11-18(5)6/h16-23H,9-15,24-25H2,1-8H3. The highest BCUT2D eigenvalue weighted by atomic mass is 14.6. The van der Waals surface area contributed by atoms with Crippen molar-refractivity contribution in [1.29, 1.82) is 0 Å². The summed E-state index contributed by atoms with van der Waals surface area (Å²) in [6, 6.07) is 0. The van der Waals surface area contributed by atoms with Crippen molar-refractivity contribution in [2.75, 3.05) is 13.1 Å². The molecule has 0 radical (unpaired) electrons. The summed E-state index contributed by atoms with van der Waals surface area (Å²) in [6.07, 6.45) is 6.61. The molecule has 25 heavy (non-hydrogen) atoms. The van der Waals surface area contributed by atoms with Crippen molar-refractivity contribution < 1.29 is 0 Å². The van der Waals surface area contributed by atoms with Crippen molar-refractivity contribution in [3.8, 4) is 0 Å².